The maximum atomic E-state index is 11.7. The summed E-state index contributed by atoms with van der Waals surface area (Å²) < 4.78 is 5.46. The lowest BCUT2D eigenvalue weighted by Gasteiger charge is -2.31. The van der Waals surface area contributed by atoms with Crippen molar-refractivity contribution < 1.29 is 14.4 Å². The predicted octanol–water partition coefficient (Wildman–Crippen LogP) is 4.18. The van der Waals surface area contributed by atoms with Gasteiger partial charge in [-0.1, -0.05) is 53.2 Å². The van der Waals surface area contributed by atoms with Crippen LogP contribution in [0, 0.1) is 0 Å². The molecule has 0 bridgehead atoms. The van der Waals surface area contributed by atoms with Crippen LogP contribution >= 0.6 is 11.6 Å². The number of rotatable bonds is 4. The number of nitrogens with zero attached hydrogens (tertiary/aromatic N) is 2. The van der Waals surface area contributed by atoms with Crippen molar-refractivity contribution in [3.63, 3.8) is 0 Å². The van der Waals surface area contributed by atoms with Gasteiger partial charge in [0.05, 0.1) is 12.5 Å². The second-order valence-electron chi connectivity index (χ2n) is 6.44. The fourth-order valence-corrected chi connectivity index (χ4v) is 3.50. The number of fused-ring (bicyclic) bond motifs is 1. The van der Waals surface area contributed by atoms with Crippen LogP contribution in [-0.4, -0.2) is 27.7 Å². The van der Waals surface area contributed by atoms with Crippen LogP contribution in [-0.2, 0) is 17.9 Å². The topological polar surface area (TPSA) is 66.6 Å². The van der Waals surface area contributed by atoms with Gasteiger partial charge in [-0.05, 0) is 23.3 Å². The molecule has 0 saturated heterocycles. The van der Waals surface area contributed by atoms with Crippen LogP contribution in [0.2, 0.25) is 5.02 Å². The number of aliphatic carboxylic acids is 1. The van der Waals surface area contributed by atoms with Crippen LogP contribution in [0.15, 0.2) is 59.1 Å². The fourth-order valence-electron chi connectivity index (χ4n) is 3.38. The Morgan fingerprint density at radius 2 is 2.00 bits per heavy atom. The van der Waals surface area contributed by atoms with Crippen LogP contribution in [0.4, 0.5) is 0 Å². The molecule has 6 heteroatoms. The minimum Gasteiger partial charge on any atom is -0.481 e. The normalized spacial score (nSPS) is 17.0. The molecule has 1 atom stereocenters. The van der Waals surface area contributed by atoms with Gasteiger partial charge < -0.3 is 9.63 Å². The number of aromatic nitrogens is 1. The SMILES string of the molecule is O=C(O)C1CN(Cc2cc(-c3ccc(Cl)cc3)no2)Cc2ccccc21. The number of hydrogen-bond acceptors (Lipinski definition) is 4. The third-order valence-corrected chi connectivity index (χ3v) is 4.89. The summed E-state index contributed by atoms with van der Waals surface area (Å²) in [5, 5.41) is 14.4. The summed E-state index contributed by atoms with van der Waals surface area (Å²) >= 11 is 5.92. The number of halogens is 1. The van der Waals surface area contributed by atoms with Crippen LogP contribution in [0.5, 0.6) is 0 Å². The Kier molecular flexibility index (Phi) is 4.49. The van der Waals surface area contributed by atoms with Gasteiger partial charge in [0, 0.05) is 29.7 Å². The minimum atomic E-state index is -0.804. The van der Waals surface area contributed by atoms with Gasteiger partial charge in [-0.3, -0.25) is 9.69 Å². The average molecular weight is 369 g/mol. The highest BCUT2D eigenvalue weighted by molar-refractivity contribution is 6.30. The molecule has 1 aliphatic rings. The van der Waals surface area contributed by atoms with E-state index in [9.17, 15) is 9.90 Å². The molecular formula is C20H17ClN2O3. The smallest absolute Gasteiger partial charge is 0.312 e. The van der Waals surface area contributed by atoms with E-state index in [1.807, 2.05) is 54.6 Å². The van der Waals surface area contributed by atoms with Gasteiger partial charge in [-0.15, -0.1) is 0 Å². The molecule has 3 aromatic rings. The third kappa shape index (κ3) is 3.36. The van der Waals surface area contributed by atoms with Gasteiger partial charge in [0.15, 0.2) is 5.76 Å². The summed E-state index contributed by atoms with van der Waals surface area (Å²) in [5.74, 6) is -0.626. The number of benzene rings is 2. The highest BCUT2D eigenvalue weighted by Crippen LogP contribution is 2.30. The highest BCUT2D eigenvalue weighted by atomic mass is 35.5. The maximum absolute atomic E-state index is 11.7. The Labute approximate surface area is 155 Å². The molecule has 0 spiro atoms. The summed E-state index contributed by atoms with van der Waals surface area (Å²) in [7, 11) is 0. The van der Waals surface area contributed by atoms with Crippen molar-refractivity contribution in [3.8, 4) is 11.3 Å². The largest absolute Gasteiger partial charge is 0.481 e. The first-order chi connectivity index (χ1) is 12.6. The lowest BCUT2D eigenvalue weighted by atomic mass is 9.90. The second kappa shape index (κ2) is 6.94. The Morgan fingerprint density at radius 1 is 1.23 bits per heavy atom. The summed E-state index contributed by atoms with van der Waals surface area (Å²) in [4.78, 5) is 13.7. The average Bonchev–Trinajstić information content (AvgIpc) is 3.10. The maximum Gasteiger partial charge on any atom is 0.312 e. The Bertz CT molecular complexity index is 936. The van der Waals surface area contributed by atoms with E-state index in [1.165, 1.54) is 0 Å². The third-order valence-electron chi connectivity index (χ3n) is 4.64. The molecular weight excluding hydrogens is 352 g/mol. The number of hydrogen-bond donors (Lipinski definition) is 1. The molecule has 4 rings (SSSR count). The highest BCUT2D eigenvalue weighted by Gasteiger charge is 2.30. The fraction of sp³-hybridized carbons (Fsp3) is 0.200. The van der Waals surface area contributed by atoms with Crippen LogP contribution in [0.25, 0.3) is 11.3 Å². The number of carboxylic acid groups (broad SMARTS) is 1. The van der Waals surface area contributed by atoms with Gasteiger partial charge in [-0.2, -0.15) is 0 Å². The molecule has 1 unspecified atom stereocenters. The van der Waals surface area contributed by atoms with E-state index >= 15 is 0 Å². The molecule has 5 nitrogen and oxygen atoms in total. The van der Waals surface area contributed by atoms with Crippen molar-refractivity contribution >= 4 is 17.6 Å². The van der Waals surface area contributed by atoms with Crippen LogP contribution < -0.4 is 0 Å². The number of carbonyl (C=O) groups is 1. The van der Waals surface area contributed by atoms with Crippen molar-refractivity contribution in [2.24, 2.45) is 0 Å². The van der Waals surface area contributed by atoms with Crippen LogP contribution in [0.3, 0.4) is 0 Å². The summed E-state index contributed by atoms with van der Waals surface area (Å²) in [6, 6.07) is 17.0. The molecule has 1 aromatic heterocycles. The zero-order chi connectivity index (χ0) is 18.1. The molecule has 1 aliphatic heterocycles. The molecule has 0 aliphatic carbocycles. The van der Waals surface area contributed by atoms with Crippen LogP contribution in [0.1, 0.15) is 22.8 Å². The molecule has 0 fully saturated rings. The zero-order valence-electron chi connectivity index (χ0n) is 13.9. The Balaban J connectivity index is 1.53. The van der Waals surface area contributed by atoms with Gasteiger partial charge in [0.25, 0.3) is 0 Å². The molecule has 132 valence electrons. The molecule has 2 heterocycles. The van der Waals surface area contributed by atoms with E-state index in [-0.39, 0.29) is 0 Å². The first-order valence-electron chi connectivity index (χ1n) is 8.34. The Hall–Kier alpha value is -2.63. The number of carboxylic acids is 1. The monoisotopic (exact) mass is 368 g/mol. The van der Waals surface area contributed by atoms with E-state index in [0.717, 1.165) is 22.4 Å². The lowest BCUT2D eigenvalue weighted by Crippen LogP contribution is -2.36. The molecule has 0 radical (unpaired) electrons. The van der Waals surface area contributed by atoms with E-state index in [0.29, 0.717) is 30.4 Å². The summed E-state index contributed by atoms with van der Waals surface area (Å²) in [5.41, 5.74) is 3.61. The van der Waals surface area contributed by atoms with Crippen molar-refractivity contribution in [2.75, 3.05) is 6.54 Å². The minimum absolute atomic E-state index is 0.448. The van der Waals surface area contributed by atoms with Crippen molar-refractivity contribution in [1.82, 2.24) is 10.1 Å². The van der Waals surface area contributed by atoms with E-state index < -0.39 is 11.9 Å². The molecule has 26 heavy (non-hydrogen) atoms. The van der Waals surface area contributed by atoms with Gasteiger partial charge in [0.1, 0.15) is 5.69 Å². The first kappa shape index (κ1) is 16.8. The van der Waals surface area contributed by atoms with E-state index in [2.05, 4.69) is 10.1 Å². The second-order valence-corrected chi connectivity index (χ2v) is 6.88. The summed E-state index contributed by atoms with van der Waals surface area (Å²) in [6.45, 7) is 1.65. The van der Waals surface area contributed by atoms with E-state index in [4.69, 9.17) is 16.1 Å². The molecule has 2 aromatic carbocycles. The van der Waals surface area contributed by atoms with E-state index in [1.54, 1.807) is 0 Å². The first-order valence-corrected chi connectivity index (χ1v) is 8.72. The standard InChI is InChI=1S/C20H17ClN2O3/c21-15-7-5-13(6-8-15)19-9-16(26-22-19)11-23-10-14-3-1-2-4-17(14)18(12-23)20(24)25/h1-9,18H,10-12H2,(H,24,25). The van der Waals surface area contributed by atoms with Gasteiger partial charge >= 0.3 is 5.97 Å². The predicted molar refractivity (Wildman–Crippen MR) is 97.9 cm³/mol. The lowest BCUT2D eigenvalue weighted by molar-refractivity contribution is -0.139. The quantitative estimate of drug-likeness (QED) is 0.748. The molecule has 0 amide bonds. The molecule has 0 saturated carbocycles. The molecule has 1 N–H and O–H groups in total. The zero-order valence-corrected chi connectivity index (χ0v) is 14.7. The summed E-state index contributed by atoms with van der Waals surface area (Å²) in [6.07, 6.45) is 0. The van der Waals surface area contributed by atoms with Crippen molar-refractivity contribution in [1.29, 1.82) is 0 Å². The van der Waals surface area contributed by atoms with Gasteiger partial charge in [0.2, 0.25) is 0 Å². The van der Waals surface area contributed by atoms with Crippen molar-refractivity contribution in [2.45, 2.75) is 19.0 Å². The van der Waals surface area contributed by atoms with Gasteiger partial charge in [-0.25, -0.2) is 0 Å². The Morgan fingerprint density at radius 3 is 2.77 bits per heavy atom. The van der Waals surface area contributed by atoms with Crippen molar-refractivity contribution in [3.05, 3.63) is 76.5 Å².